The molecule has 1 amide bonds. The highest BCUT2D eigenvalue weighted by atomic mass is 127. The van der Waals surface area contributed by atoms with Gasteiger partial charge in [0.25, 0.3) is 0 Å². The van der Waals surface area contributed by atoms with Crippen LogP contribution in [0, 0.1) is 0 Å². The van der Waals surface area contributed by atoms with Crippen molar-refractivity contribution in [2.45, 2.75) is 39.4 Å². The number of carbonyl (C=O) groups is 1. The second kappa shape index (κ2) is 12.2. The molecule has 1 aliphatic heterocycles. The number of rotatable bonds is 6. The first-order valence-electron chi connectivity index (χ1n) is 9.49. The van der Waals surface area contributed by atoms with E-state index in [0.717, 1.165) is 32.8 Å². The molecule has 8 heteroatoms. The molecule has 3 N–H and O–H groups in total. The van der Waals surface area contributed by atoms with E-state index < -0.39 is 0 Å². The zero-order chi connectivity index (χ0) is 19.7. The fraction of sp³-hybridized carbons (Fsp3) is 0.600. The van der Waals surface area contributed by atoms with E-state index in [9.17, 15) is 4.79 Å². The van der Waals surface area contributed by atoms with E-state index in [-0.39, 0.29) is 42.0 Å². The maximum absolute atomic E-state index is 11.9. The van der Waals surface area contributed by atoms with Crippen molar-refractivity contribution in [1.82, 2.24) is 20.9 Å². The van der Waals surface area contributed by atoms with Crippen LogP contribution in [-0.2, 0) is 22.6 Å². The first kappa shape index (κ1) is 24.6. The van der Waals surface area contributed by atoms with E-state index in [0.29, 0.717) is 12.5 Å². The highest BCUT2D eigenvalue weighted by Gasteiger charge is 2.14. The summed E-state index contributed by atoms with van der Waals surface area (Å²) >= 11 is 0. The largest absolute Gasteiger partial charge is 0.379 e. The molecule has 0 spiro atoms. The number of ether oxygens (including phenoxy) is 1. The lowest BCUT2D eigenvalue weighted by Gasteiger charge is -2.26. The van der Waals surface area contributed by atoms with Crippen molar-refractivity contribution in [3.05, 3.63) is 35.4 Å². The first-order valence-corrected chi connectivity index (χ1v) is 9.49. The standard InChI is InChI=1S/C20H33N5O2.HI/c1-20(2,3)24-18(26)14-23-19(21-4)22-13-16-6-5-7-17(12-16)15-25-8-10-27-11-9-25;/h5-7,12H,8-11,13-15H2,1-4H3,(H,24,26)(H2,21,22,23);1H. The van der Waals surface area contributed by atoms with Crippen LogP contribution < -0.4 is 16.0 Å². The second-order valence-corrected chi connectivity index (χ2v) is 7.79. The summed E-state index contributed by atoms with van der Waals surface area (Å²) in [7, 11) is 1.70. The molecule has 7 nitrogen and oxygen atoms in total. The third kappa shape index (κ3) is 9.70. The van der Waals surface area contributed by atoms with Gasteiger partial charge in [-0.1, -0.05) is 24.3 Å². The monoisotopic (exact) mass is 503 g/mol. The van der Waals surface area contributed by atoms with Crippen molar-refractivity contribution >= 4 is 35.8 Å². The molecule has 0 atom stereocenters. The van der Waals surface area contributed by atoms with Crippen molar-refractivity contribution in [3.8, 4) is 0 Å². The Hall–Kier alpha value is -1.39. The first-order chi connectivity index (χ1) is 12.9. The molecular formula is C20H34IN5O2. The minimum Gasteiger partial charge on any atom is -0.379 e. The predicted octanol–water partition coefficient (Wildman–Crippen LogP) is 1.72. The number of carbonyl (C=O) groups excluding carboxylic acids is 1. The molecule has 1 heterocycles. The molecule has 0 aliphatic carbocycles. The number of morpholine rings is 1. The fourth-order valence-corrected chi connectivity index (χ4v) is 2.89. The van der Waals surface area contributed by atoms with Crippen LogP contribution >= 0.6 is 24.0 Å². The van der Waals surface area contributed by atoms with Gasteiger partial charge in [0.2, 0.25) is 5.91 Å². The molecule has 2 rings (SSSR count). The predicted molar refractivity (Wildman–Crippen MR) is 124 cm³/mol. The smallest absolute Gasteiger partial charge is 0.239 e. The molecule has 0 bridgehead atoms. The molecule has 28 heavy (non-hydrogen) atoms. The Labute approximate surface area is 185 Å². The van der Waals surface area contributed by atoms with E-state index in [4.69, 9.17) is 4.74 Å². The summed E-state index contributed by atoms with van der Waals surface area (Å²) in [5.41, 5.74) is 2.24. The maximum Gasteiger partial charge on any atom is 0.239 e. The molecule has 1 fully saturated rings. The Morgan fingerprint density at radius 1 is 1.18 bits per heavy atom. The van der Waals surface area contributed by atoms with Crippen molar-refractivity contribution < 1.29 is 9.53 Å². The third-order valence-corrected chi connectivity index (χ3v) is 4.12. The molecule has 1 saturated heterocycles. The summed E-state index contributed by atoms with van der Waals surface area (Å²) in [6.45, 7) is 11.2. The van der Waals surface area contributed by atoms with Gasteiger partial charge in [-0.3, -0.25) is 14.7 Å². The number of aliphatic imine (C=N–C) groups is 1. The van der Waals surface area contributed by atoms with Crippen molar-refractivity contribution in [2.75, 3.05) is 39.9 Å². The van der Waals surface area contributed by atoms with E-state index in [1.807, 2.05) is 20.8 Å². The molecule has 0 aromatic heterocycles. The molecule has 0 unspecified atom stereocenters. The summed E-state index contributed by atoms with van der Waals surface area (Å²) in [6.07, 6.45) is 0. The normalized spacial score (nSPS) is 15.5. The van der Waals surface area contributed by atoms with Gasteiger partial charge in [0, 0.05) is 38.8 Å². The van der Waals surface area contributed by atoms with Crippen molar-refractivity contribution in [3.63, 3.8) is 0 Å². The SMILES string of the molecule is CN=C(NCC(=O)NC(C)(C)C)NCc1cccc(CN2CCOCC2)c1.I. The highest BCUT2D eigenvalue weighted by molar-refractivity contribution is 14.0. The topological polar surface area (TPSA) is 78.0 Å². The Morgan fingerprint density at radius 3 is 2.50 bits per heavy atom. The Bertz CT molecular complexity index is 640. The third-order valence-electron chi connectivity index (χ3n) is 4.12. The second-order valence-electron chi connectivity index (χ2n) is 7.79. The van der Waals surface area contributed by atoms with E-state index in [2.05, 4.69) is 50.1 Å². The van der Waals surface area contributed by atoms with Crippen LogP contribution in [0.25, 0.3) is 0 Å². The molecule has 1 aromatic rings. The zero-order valence-corrected chi connectivity index (χ0v) is 19.7. The lowest BCUT2D eigenvalue weighted by atomic mass is 10.1. The Balaban J connectivity index is 0.00000392. The lowest BCUT2D eigenvalue weighted by Crippen LogP contribution is -2.48. The number of guanidine groups is 1. The van der Waals surface area contributed by atoms with Gasteiger partial charge in [-0.2, -0.15) is 0 Å². The van der Waals surface area contributed by atoms with Gasteiger partial charge in [-0.05, 0) is 31.9 Å². The summed E-state index contributed by atoms with van der Waals surface area (Å²) in [4.78, 5) is 18.5. The number of halogens is 1. The molecular weight excluding hydrogens is 469 g/mol. The van der Waals surface area contributed by atoms with Gasteiger partial charge in [0.1, 0.15) is 0 Å². The number of nitrogens with one attached hydrogen (secondary N) is 3. The van der Waals surface area contributed by atoms with Gasteiger partial charge in [-0.15, -0.1) is 24.0 Å². The average molecular weight is 503 g/mol. The number of amides is 1. The molecule has 1 aromatic carbocycles. The molecule has 0 radical (unpaired) electrons. The van der Waals surface area contributed by atoms with Gasteiger partial charge >= 0.3 is 0 Å². The molecule has 158 valence electrons. The number of hydrogen-bond donors (Lipinski definition) is 3. The fourth-order valence-electron chi connectivity index (χ4n) is 2.89. The van der Waals surface area contributed by atoms with E-state index in [1.165, 1.54) is 11.1 Å². The summed E-state index contributed by atoms with van der Waals surface area (Å²) < 4.78 is 5.40. The van der Waals surface area contributed by atoms with Crippen LogP contribution in [0.15, 0.2) is 29.3 Å². The Morgan fingerprint density at radius 2 is 1.86 bits per heavy atom. The van der Waals surface area contributed by atoms with Crippen molar-refractivity contribution in [2.24, 2.45) is 4.99 Å². The average Bonchev–Trinajstić information content (AvgIpc) is 2.61. The van der Waals surface area contributed by atoms with Crippen LogP contribution in [0.1, 0.15) is 31.9 Å². The molecule has 0 saturated carbocycles. The van der Waals surface area contributed by atoms with Crippen LogP contribution in [0.3, 0.4) is 0 Å². The highest BCUT2D eigenvalue weighted by Crippen LogP contribution is 2.10. The van der Waals surface area contributed by atoms with Gasteiger partial charge < -0.3 is 20.7 Å². The van der Waals surface area contributed by atoms with Crippen LogP contribution in [0.2, 0.25) is 0 Å². The van der Waals surface area contributed by atoms with Crippen LogP contribution in [0.5, 0.6) is 0 Å². The molecule has 1 aliphatic rings. The van der Waals surface area contributed by atoms with E-state index >= 15 is 0 Å². The van der Waals surface area contributed by atoms with E-state index in [1.54, 1.807) is 7.05 Å². The van der Waals surface area contributed by atoms with Gasteiger partial charge in [-0.25, -0.2) is 0 Å². The Kier molecular flexibility index (Phi) is 10.8. The summed E-state index contributed by atoms with van der Waals surface area (Å²) in [5.74, 6) is 0.551. The van der Waals surface area contributed by atoms with Crippen LogP contribution in [-0.4, -0.2) is 62.2 Å². The lowest BCUT2D eigenvalue weighted by molar-refractivity contribution is -0.121. The van der Waals surface area contributed by atoms with Crippen LogP contribution in [0.4, 0.5) is 0 Å². The summed E-state index contributed by atoms with van der Waals surface area (Å²) in [5, 5.41) is 9.23. The number of hydrogen-bond acceptors (Lipinski definition) is 4. The quantitative estimate of drug-likeness (QED) is 0.313. The maximum atomic E-state index is 11.9. The zero-order valence-electron chi connectivity index (χ0n) is 17.4. The van der Waals surface area contributed by atoms with Crippen molar-refractivity contribution in [1.29, 1.82) is 0 Å². The van der Waals surface area contributed by atoms with Gasteiger partial charge in [0.15, 0.2) is 5.96 Å². The van der Waals surface area contributed by atoms with Gasteiger partial charge in [0.05, 0.1) is 19.8 Å². The minimum atomic E-state index is -0.239. The number of benzene rings is 1. The minimum absolute atomic E-state index is 0. The summed E-state index contributed by atoms with van der Waals surface area (Å²) in [6, 6.07) is 8.54. The number of nitrogens with zero attached hydrogens (tertiary/aromatic N) is 2.